The normalized spacial score (nSPS) is 11.7. The summed E-state index contributed by atoms with van der Waals surface area (Å²) in [4.78, 5) is 35.3. The molecule has 8 heteroatoms. The summed E-state index contributed by atoms with van der Waals surface area (Å²) in [6.07, 6.45) is 2.90. The van der Waals surface area contributed by atoms with Gasteiger partial charge < -0.3 is 21.1 Å². The molecule has 146 valence electrons. The van der Waals surface area contributed by atoms with Gasteiger partial charge in [0.15, 0.2) is 0 Å². The van der Waals surface area contributed by atoms with Crippen LogP contribution < -0.4 is 21.1 Å². The van der Waals surface area contributed by atoms with E-state index in [4.69, 9.17) is 10.5 Å². The van der Waals surface area contributed by atoms with Crippen LogP contribution in [0.25, 0.3) is 6.08 Å². The van der Waals surface area contributed by atoms with Gasteiger partial charge in [-0.3, -0.25) is 14.4 Å². The summed E-state index contributed by atoms with van der Waals surface area (Å²) in [6.45, 7) is 1.49. The second kappa shape index (κ2) is 9.31. The molecule has 0 saturated heterocycles. The lowest BCUT2D eigenvalue weighted by molar-refractivity contribution is -0.123. The number of halogens is 1. The van der Waals surface area contributed by atoms with Crippen molar-refractivity contribution >= 4 is 29.5 Å². The molecule has 0 aliphatic rings. The van der Waals surface area contributed by atoms with Crippen molar-refractivity contribution in [2.75, 3.05) is 12.4 Å². The number of rotatable bonds is 7. The van der Waals surface area contributed by atoms with Gasteiger partial charge in [-0.2, -0.15) is 0 Å². The standard InChI is InChI=1S/C20H20FN3O4/c1-12(20(27)24-14-6-9-17(21)16(11-14)19(22)26)23-18(25)10-5-13-3-7-15(28-2)8-4-13/h3-12H,1-2H3,(H2,22,26)(H,23,25)(H,24,27). The molecule has 0 spiro atoms. The number of hydrogen-bond donors (Lipinski definition) is 3. The zero-order valence-corrected chi connectivity index (χ0v) is 15.4. The second-order valence-electron chi connectivity index (χ2n) is 5.88. The van der Waals surface area contributed by atoms with Crippen molar-refractivity contribution in [2.45, 2.75) is 13.0 Å². The lowest BCUT2D eigenvalue weighted by Gasteiger charge is -2.13. The maximum atomic E-state index is 13.5. The van der Waals surface area contributed by atoms with Gasteiger partial charge in [-0.05, 0) is 48.9 Å². The molecule has 0 aliphatic carbocycles. The molecule has 4 N–H and O–H groups in total. The predicted octanol–water partition coefficient (Wildman–Crippen LogP) is 2.09. The molecule has 0 heterocycles. The molecule has 1 unspecified atom stereocenters. The first-order valence-electron chi connectivity index (χ1n) is 8.33. The lowest BCUT2D eigenvalue weighted by Crippen LogP contribution is -2.40. The first-order valence-corrected chi connectivity index (χ1v) is 8.33. The van der Waals surface area contributed by atoms with E-state index >= 15 is 0 Å². The monoisotopic (exact) mass is 385 g/mol. The van der Waals surface area contributed by atoms with Gasteiger partial charge >= 0.3 is 0 Å². The molecule has 0 aromatic heterocycles. The number of carbonyl (C=O) groups is 3. The number of carbonyl (C=O) groups excluding carboxylic acids is 3. The summed E-state index contributed by atoms with van der Waals surface area (Å²) in [7, 11) is 1.56. The van der Waals surface area contributed by atoms with Gasteiger partial charge in [0, 0.05) is 11.8 Å². The van der Waals surface area contributed by atoms with E-state index in [0.717, 1.165) is 17.7 Å². The van der Waals surface area contributed by atoms with Gasteiger partial charge in [-0.25, -0.2) is 4.39 Å². The zero-order valence-electron chi connectivity index (χ0n) is 15.4. The molecule has 1 atom stereocenters. The van der Waals surface area contributed by atoms with E-state index in [-0.39, 0.29) is 11.3 Å². The Kier molecular flexibility index (Phi) is 6.86. The Hall–Kier alpha value is -3.68. The molecule has 2 rings (SSSR count). The predicted molar refractivity (Wildman–Crippen MR) is 103 cm³/mol. The van der Waals surface area contributed by atoms with Crippen molar-refractivity contribution < 1.29 is 23.5 Å². The van der Waals surface area contributed by atoms with E-state index in [0.29, 0.717) is 5.75 Å². The minimum absolute atomic E-state index is 0.190. The van der Waals surface area contributed by atoms with E-state index in [1.54, 1.807) is 37.5 Å². The molecule has 3 amide bonds. The molecule has 28 heavy (non-hydrogen) atoms. The quantitative estimate of drug-likeness (QED) is 0.634. The first kappa shape index (κ1) is 20.6. The maximum absolute atomic E-state index is 13.5. The number of amides is 3. The molecule has 2 aromatic rings. The van der Waals surface area contributed by atoms with Gasteiger partial charge in [0.05, 0.1) is 12.7 Å². The minimum atomic E-state index is -0.946. The SMILES string of the molecule is COc1ccc(C=CC(=O)NC(C)C(=O)Nc2ccc(F)c(C(N)=O)c2)cc1. The molecule has 0 aliphatic heterocycles. The zero-order chi connectivity index (χ0) is 20.7. The number of primary amides is 1. The van der Waals surface area contributed by atoms with Crippen LogP contribution in [0.3, 0.4) is 0 Å². The van der Waals surface area contributed by atoms with Crippen LogP contribution >= 0.6 is 0 Å². The number of ether oxygens (including phenoxy) is 1. The molecule has 2 aromatic carbocycles. The van der Waals surface area contributed by atoms with Gasteiger partial charge in [-0.1, -0.05) is 12.1 Å². The summed E-state index contributed by atoms with van der Waals surface area (Å²) in [5.41, 5.74) is 5.72. The molecule has 0 saturated carbocycles. The van der Waals surface area contributed by atoms with Crippen LogP contribution in [-0.2, 0) is 9.59 Å². The topological polar surface area (TPSA) is 111 Å². The smallest absolute Gasteiger partial charge is 0.251 e. The van der Waals surface area contributed by atoms with Gasteiger partial charge in [0.25, 0.3) is 5.91 Å². The Morgan fingerprint density at radius 1 is 1.14 bits per heavy atom. The van der Waals surface area contributed by atoms with Crippen molar-refractivity contribution in [1.29, 1.82) is 0 Å². The fourth-order valence-electron chi connectivity index (χ4n) is 2.26. The number of methoxy groups -OCH3 is 1. The molecule has 0 bridgehead atoms. The van der Waals surface area contributed by atoms with Crippen LogP contribution in [-0.4, -0.2) is 30.9 Å². The van der Waals surface area contributed by atoms with Crippen LogP contribution in [0.15, 0.2) is 48.5 Å². The van der Waals surface area contributed by atoms with Gasteiger partial charge in [0.1, 0.15) is 17.6 Å². The van der Waals surface area contributed by atoms with Gasteiger partial charge in [0.2, 0.25) is 11.8 Å². The molecule has 7 nitrogen and oxygen atoms in total. The van der Waals surface area contributed by atoms with Crippen molar-refractivity contribution in [2.24, 2.45) is 5.73 Å². The largest absolute Gasteiger partial charge is 0.497 e. The van der Waals surface area contributed by atoms with E-state index in [9.17, 15) is 18.8 Å². The van der Waals surface area contributed by atoms with Crippen molar-refractivity contribution in [3.63, 3.8) is 0 Å². The lowest BCUT2D eigenvalue weighted by atomic mass is 10.1. The summed E-state index contributed by atoms with van der Waals surface area (Å²) >= 11 is 0. The minimum Gasteiger partial charge on any atom is -0.497 e. The average Bonchev–Trinajstić information content (AvgIpc) is 2.67. The number of nitrogens with one attached hydrogen (secondary N) is 2. The van der Waals surface area contributed by atoms with Crippen LogP contribution in [0.5, 0.6) is 5.75 Å². The molecule has 0 fully saturated rings. The maximum Gasteiger partial charge on any atom is 0.251 e. The highest BCUT2D eigenvalue weighted by molar-refractivity contribution is 6.01. The summed E-state index contributed by atoms with van der Waals surface area (Å²) in [5, 5.41) is 5.00. The van der Waals surface area contributed by atoms with Crippen LogP contribution in [0.4, 0.5) is 10.1 Å². The van der Waals surface area contributed by atoms with Crippen molar-refractivity contribution in [3.8, 4) is 5.75 Å². The second-order valence-corrected chi connectivity index (χ2v) is 5.88. The Balaban J connectivity index is 1.94. The molecular formula is C20H20FN3O4. The summed E-state index contributed by atoms with van der Waals surface area (Å²) in [6, 6.07) is 9.66. The first-order chi connectivity index (χ1) is 13.3. The van der Waals surface area contributed by atoms with Crippen molar-refractivity contribution in [1.82, 2.24) is 5.32 Å². The third-order valence-electron chi connectivity index (χ3n) is 3.79. The van der Waals surface area contributed by atoms with Crippen molar-refractivity contribution in [3.05, 3.63) is 65.5 Å². The molecular weight excluding hydrogens is 365 g/mol. The molecule has 0 radical (unpaired) electrons. The number of anilines is 1. The third-order valence-corrected chi connectivity index (χ3v) is 3.79. The Bertz CT molecular complexity index is 910. The van der Waals surface area contributed by atoms with E-state index in [2.05, 4.69) is 10.6 Å². The Labute approximate surface area is 161 Å². The average molecular weight is 385 g/mol. The fraction of sp³-hybridized carbons (Fsp3) is 0.150. The van der Waals surface area contributed by atoms with Crippen LogP contribution in [0.1, 0.15) is 22.8 Å². The fourth-order valence-corrected chi connectivity index (χ4v) is 2.26. The van der Waals surface area contributed by atoms with E-state index in [1.807, 2.05) is 0 Å². The van der Waals surface area contributed by atoms with Crippen LogP contribution in [0.2, 0.25) is 0 Å². The van der Waals surface area contributed by atoms with Crippen LogP contribution in [0, 0.1) is 5.82 Å². The van der Waals surface area contributed by atoms with E-state index in [1.165, 1.54) is 19.1 Å². The van der Waals surface area contributed by atoms with E-state index < -0.39 is 29.6 Å². The highest BCUT2D eigenvalue weighted by Gasteiger charge is 2.16. The number of nitrogens with two attached hydrogens (primary N) is 1. The summed E-state index contributed by atoms with van der Waals surface area (Å²) in [5.74, 6) is -2.02. The van der Waals surface area contributed by atoms with Gasteiger partial charge in [-0.15, -0.1) is 0 Å². The Morgan fingerprint density at radius 2 is 1.82 bits per heavy atom. The summed E-state index contributed by atoms with van der Waals surface area (Å²) < 4.78 is 18.5. The third kappa shape index (κ3) is 5.66. The number of hydrogen-bond acceptors (Lipinski definition) is 4. The Morgan fingerprint density at radius 3 is 2.43 bits per heavy atom. The highest BCUT2D eigenvalue weighted by atomic mass is 19.1. The number of benzene rings is 2. The highest BCUT2D eigenvalue weighted by Crippen LogP contribution is 2.15.